The Kier molecular flexibility index (Phi) is 10.6. The Balaban J connectivity index is 1.78. The van der Waals surface area contributed by atoms with Gasteiger partial charge in [0.1, 0.15) is 28.8 Å². The molecule has 1 aliphatic heterocycles. The average Bonchev–Trinajstić information content (AvgIpc) is 3.10. The molecule has 5 nitrogen and oxygen atoms in total. The number of hydrogen-bond acceptors (Lipinski definition) is 5. The molecule has 0 bridgehead atoms. The molecule has 6 rings (SSSR count). The quantitative estimate of drug-likeness (QED) is 0.143. The zero-order valence-corrected chi connectivity index (χ0v) is 32.5. The van der Waals surface area contributed by atoms with Crippen molar-refractivity contribution in [2.75, 3.05) is 28.4 Å². The highest BCUT2D eigenvalue weighted by Gasteiger charge is 2.42. The van der Waals surface area contributed by atoms with Gasteiger partial charge < -0.3 is 18.9 Å². The summed E-state index contributed by atoms with van der Waals surface area (Å²) in [4.78, 5) is 14.1. The molecule has 1 heterocycles. The minimum Gasteiger partial charge on any atom is -0.497 e. The summed E-state index contributed by atoms with van der Waals surface area (Å²) in [7, 11) is 5.58. The fourth-order valence-corrected chi connectivity index (χ4v) is 12.0. The van der Waals surface area contributed by atoms with Crippen LogP contribution in [0.2, 0.25) is 0 Å². The summed E-state index contributed by atoms with van der Waals surface area (Å²) in [5.41, 5.74) is 14.2. The number of ether oxygens (including phenoxy) is 4. The highest BCUT2D eigenvalue weighted by molar-refractivity contribution is 7.67. The van der Waals surface area contributed by atoms with Gasteiger partial charge in [0.15, 0.2) is 0 Å². The molecule has 2 unspecified atom stereocenters. The Bertz CT molecular complexity index is 1880. The highest BCUT2D eigenvalue weighted by Crippen LogP contribution is 2.69. The first-order valence-electron chi connectivity index (χ1n) is 17.5. The molecule has 5 aromatic rings. The Morgan fingerprint density at radius 2 is 0.843 bits per heavy atom. The summed E-state index contributed by atoms with van der Waals surface area (Å²) in [6, 6.07) is 28.1. The van der Waals surface area contributed by atoms with Gasteiger partial charge >= 0.3 is 0 Å². The first kappa shape index (κ1) is 36.2. The molecule has 5 aromatic carbocycles. The van der Waals surface area contributed by atoms with Crippen LogP contribution in [0.4, 0.5) is 0 Å². The number of aryl methyl sites for hydroxylation is 6. The van der Waals surface area contributed by atoms with E-state index in [0.717, 1.165) is 11.1 Å². The second-order valence-electron chi connectivity index (χ2n) is 13.9. The van der Waals surface area contributed by atoms with Crippen molar-refractivity contribution in [1.29, 1.82) is 0 Å². The minimum absolute atomic E-state index is 0.121. The van der Waals surface area contributed by atoms with Gasteiger partial charge in [0.25, 0.3) is 0 Å². The third kappa shape index (κ3) is 7.14. The van der Waals surface area contributed by atoms with Crippen LogP contribution in [0, 0.1) is 41.5 Å². The van der Waals surface area contributed by atoms with Crippen molar-refractivity contribution in [2.45, 2.75) is 65.7 Å². The van der Waals surface area contributed by atoms with E-state index < -0.39 is 7.92 Å². The van der Waals surface area contributed by atoms with Gasteiger partial charge in [-0.2, -0.15) is 0 Å². The van der Waals surface area contributed by atoms with Gasteiger partial charge in [-0.3, -0.25) is 4.79 Å². The lowest BCUT2D eigenvalue weighted by Gasteiger charge is -2.41. The van der Waals surface area contributed by atoms with Crippen LogP contribution in [-0.2, 0) is 4.79 Å². The Morgan fingerprint density at radius 3 is 1.16 bits per heavy atom. The van der Waals surface area contributed by atoms with Gasteiger partial charge in [-0.05, 0) is 127 Å². The Morgan fingerprint density at radius 1 is 0.510 bits per heavy atom. The normalized spacial score (nSPS) is 17.3. The van der Waals surface area contributed by atoms with Crippen molar-refractivity contribution in [1.82, 2.24) is 0 Å². The van der Waals surface area contributed by atoms with Crippen molar-refractivity contribution >= 4 is 19.0 Å². The van der Waals surface area contributed by atoms with Gasteiger partial charge in [0.2, 0.25) is 0 Å². The topological polar surface area (TPSA) is 54.0 Å². The van der Waals surface area contributed by atoms with E-state index in [9.17, 15) is 4.79 Å². The number of carbonyl (C=O) groups excluding carboxylic acids is 1. The number of benzene rings is 5. The summed E-state index contributed by atoms with van der Waals surface area (Å²) >= 11 is 0. The lowest BCUT2D eigenvalue weighted by molar-refractivity contribution is -0.119. The fourth-order valence-electron chi connectivity index (χ4n) is 8.28. The summed E-state index contributed by atoms with van der Waals surface area (Å²) in [5.74, 6) is 3.07. The second-order valence-corrected chi connectivity index (χ2v) is 16.4. The lowest BCUT2D eigenvalue weighted by Crippen LogP contribution is -2.26. The molecule has 0 aliphatic carbocycles. The fraction of sp³-hybridized carbons (Fsp3) is 0.311. The molecule has 0 saturated carbocycles. The smallest absolute Gasteiger partial charge is 0.134 e. The molecule has 0 radical (unpaired) electrons. The van der Waals surface area contributed by atoms with E-state index >= 15 is 0 Å². The number of carbonyl (C=O) groups is 1. The molecular weight excluding hydrogens is 651 g/mol. The summed E-state index contributed by atoms with van der Waals surface area (Å²) < 4.78 is 23.2. The van der Waals surface area contributed by atoms with Gasteiger partial charge in [-0.25, -0.2) is 0 Å². The van der Waals surface area contributed by atoms with Crippen molar-refractivity contribution in [2.24, 2.45) is 0 Å². The van der Waals surface area contributed by atoms with Crippen molar-refractivity contribution in [3.63, 3.8) is 0 Å². The molecule has 51 heavy (non-hydrogen) atoms. The monoisotopic (exact) mass is 700 g/mol. The summed E-state index contributed by atoms with van der Waals surface area (Å²) in [5, 5.41) is 1.31. The molecule has 1 saturated heterocycles. The van der Waals surface area contributed by atoms with E-state index in [1.807, 2.05) is 12.1 Å². The molecule has 1 fully saturated rings. The summed E-state index contributed by atoms with van der Waals surface area (Å²) in [6.45, 7) is 13.2. The van der Waals surface area contributed by atoms with E-state index in [-0.39, 0.29) is 17.1 Å². The van der Waals surface area contributed by atoms with Crippen LogP contribution in [0.15, 0.2) is 78.9 Å². The maximum atomic E-state index is 14.1. The van der Waals surface area contributed by atoms with E-state index in [0.29, 0.717) is 35.8 Å². The van der Waals surface area contributed by atoms with Gasteiger partial charge in [-0.1, -0.05) is 61.5 Å². The number of Topliss-reactive ketones (excluding diaryl/α,β-unsaturated/α-hetero) is 1. The predicted octanol–water partition coefficient (Wildman–Crippen LogP) is 10.9. The predicted molar refractivity (Wildman–Crippen MR) is 211 cm³/mol. The van der Waals surface area contributed by atoms with Crippen LogP contribution >= 0.6 is 7.92 Å². The zero-order valence-electron chi connectivity index (χ0n) is 31.6. The molecule has 0 spiro atoms. The highest BCUT2D eigenvalue weighted by atomic mass is 31.1. The van der Waals surface area contributed by atoms with Gasteiger partial charge in [0.05, 0.1) is 28.4 Å². The van der Waals surface area contributed by atoms with Crippen LogP contribution in [0.3, 0.4) is 0 Å². The molecule has 264 valence electrons. The van der Waals surface area contributed by atoms with Crippen LogP contribution in [0.1, 0.15) is 68.7 Å². The average molecular weight is 701 g/mol. The number of methoxy groups -OCH3 is 4. The second kappa shape index (κ2) is 14.9. The first-order valence-corrected chi connectivity index (χ1v) is 19.0. The zero-order chi connectivity index (χ0) is 36.6. The number of hydrogen-bond donors (Lipinski definition) is 0. The van der Waals surface area contributed by atoms with Crippen LogP contribution < -0.4 is 24.3 Å². The molecule has 6 heteroatoms. The maximum absolute atomic E-state index is 14.1. The molecule has 2 atom stereocenters. The van der Waals surface area contributed by atoms with Crippen molar-refractivity contribution in [3.8, 4) is 45.3 Å². The lowest BCUT2D eigenvalue weighted by atomic mass is 9.89. The molecule has 0 aromatic heterocycles. The molecular formula is C45H49O5P. The Labute approximate surface area is 304 Å². The molecule has 1 aliphatic rings. The van der Waals surface area contributed by atoms with Crippen molar-refractivity contribution in [3.05, 3.63) is 123 Å². The standard InChI is InChI=1S/C45H49O5P/c1-26-14-28(3)43(29(4)15-26)39-12-11-13-40(44-30(5)16-27(2)17-31(44)6)45(39)51-41(32-18-35(47-7)24-36(19-32)48-8)22-34(46)23-42(51)33-20-37(49-9)25-38(21-33)50-10/h11-21,24-25,41-42H,22-23H2,1-10H3. The summed E-state index contributed by atoms with van der Waals surface area (Å²) in [6.07, 6.45) is 0.844. The Hall–Kier alpha value is -4.60. The van der Waals surface area contributed by atoms with Crippen molar-refractivity contribution < 1.29 is 23.7 Å². The van der Waals surface area contributed by atoms with E-state index in [4.69, 9.17) is 18.9 Å². The number of ketones is 1. The van der Waals surface area contributed by atoms with Crippen LogP contribution in [-0.4, -0.2) is 34.2 Å². The third-order valence-corrected chi connectivity index (χ3v) is 13.5. The number of rotatable bonds is 9. The SMILES string of the molecule is COc1cc(OC)cc(C2CC(=O)CC(c3cc(OC)cc(OC)c3)P2c2c(-c3c(C)cc(C)cc3C)cccc2-c2c(C)cc(C)cc2C)c1. The third-order valence-electron chi connectivity index (χ3n) is 10.2. The maximum Gasteiger partial charge on any atom is 0.134 e. The molecule has 0 N–H and O–H groups in total. The van der Waals surface area contributed by atoms with E-state index in [1.54, 1.807) is 28.4 Å². The van der Waals surface area contributed by atoms with Crippen LogP contribution in [0.5, 0.6) is 23.0 Å². The van der Waals surface area contributed by atoms with Crippen LogP contribution in [0.25, 0.3) is 22.3 Å². The van der Waals surface area contributed by atoms with E-state index in [1.165, 1.54) is 60.9 Å². The minimum atomic E-state index is -1.14. The van der Waals surface area contributed by atoms with Gasteiger partial charge in [-0.15, -0.1) is 0 Å². The van der Waals surface area contributed by atoms with Gasteiger partial charge in [0, 0.05) is 36.3 Å². The largest absolute Gasteiger partial charge is 0.497 e. The molecule has 0 amide bonds. The van der Waals surface area contributed by atoms with E-state index in [2.05, 4.69) is 108 Å². The first-order chi connectivity index (χ1) is 24.5.